The van der Waals surface area contributed by atoms with E-state index < -0.39 is 16.4 Å². The van der Waals surface area contributed by atoms with E-state index in [9.17, 15) is 14.5 Å². The summed E-state index contributed by atoms with van der Waals surface area (Å²) < 4.78 is 14.2. The highest BCUT2D eigenvalue weighted by Crippen LogP contribution is 2.34. The highest BCUT2D eigenvalue weighted by molar-refractivity contribution is 5.59. The minimum absolute atomic E-state index is 0.251. The summed E-state index contributed by atoms with van der Waals surface area (Å²) in [4.78, 5) is 12.2. The lowest BCUT2D eigenvalue weighted by Gasteiger charge is -2.25. The monoisotopic (exact) mass is 286 g/mol. The third kappa shape index (κ3) is 2.35. The molecule has 0 spiro atoms. The topological polar surface area (TPSA) is 46.4 Å². The van der Waals surface area contributed by atoms with Gasteiger partial charge < -0.3 is 4.90 Å². The number of benzene rings is 2. The molecule has 1 aliphatic rings. The van der Waals surface area contributed by atoms with Crippen LogP contribution in [0.15, 0.2) is 42.5 Å². The number of nitro benzene ring substituents is 1. The summed E-state index contributed by atoms with van der Waals surface area (Å²) in [5.41, 5.74) is 2.20. The van der Waals surface area contributed by atoms with E-state index in [1.165, 1.54) is 17.7 Å². The predicted octanol–water partition coefficient (Wildman–Crippen LogP) is 3.69. The van der Waals surface area contributed by atoms with Gasteiger partial charge in [0.2, 0.25) is 5.82 Å². The Hall–Kier alpha value is -2.43. The smallest absolute Gasteiger partial charge is 0.305 e. The Balaban J connectivity index is 1.94. The fourth-order valence-corrected chi connectivity index (χ4v) is 2.88. The van der Waals surface area contributed by atoms with E-state index >= 15 is 0 Å². The lowest BCUT2D eigenvalue weighted by molar-refractivity contribution is -0.387. The zero-order valence-corrected chi connectivity index (χ0v) is 11.6. The zero-order chi connectivity index (χ0) is 15.0. The van der Waals surface area contributed by atoms with E-state index in [4.69, 9.17) is 0 Å². The van der Waals surface area contributed by atoms with Crippen LogP contribution in [0.1, 0.15) is 18.1 Å². The Labute approximate surface area is 122 Å². The van der Waals surface area contributed by atoms with Crippen LogP contribution in [-0.4, -0.2) is 11.0 Å². The van der Waals surface area contributed by atoms with Crippen molar-refractivity contribution in [3.63, 3.8) is 0 Å². The van der Waals surface area contributed by atoms with Gasteiger partial charge in [0.05, 0.1) is 4.92 Å². The largest absolute Gasteiger partial charge is 0.364 e. The highest BCUT2D eigenvalue weighted by atomic mass is 19.1. The molecule has 5 heteroatoms. The summed E-state index contributed by atoms with van der Waals surface area (Å²) in [6.45, 7) is 2.42. The molecule has 21 heavy (non-hydrogen) atoms. The average molecular weight is 286 g/mol. The number of nitrogens with zero attached hydrogens (tertiary/aromatic N) is 2. The van der Waals surface area contributed by atoms with Crippen LogP contribution < -0.4 is 4.90 Å². The minimum atomic E-state index is -0.737. The van der Waals surface area contributed by atoms with Crippen LogP contribution in [0.4, 0.5) is 15.8 Å². The number of hydrogen-bond acceptors (Lipinski definition) is 3. The van der Waals surface area contributed by atoms with Crippen molar-refractivity contribution < 1.29 is 9.31 Å². The highest BCUT2D eigenvalue weighted by Gasteiger charge is 2.27. The number of rotatable bonds is 3. The lowest BCUT2D eigenvalue weighted by Crippen LogP contribution is -2.29. The number of para-hydroxylation sites is 1. The van der Waals surface area contributed by atoms with Crippen molar-refractivity contribution in [1.29, 1.82) is 0 Å². The molecule has 0 bridgehead atoms. The lowest BCUT2D eigenvalue weighted by atomic mass is 10.1. The molecular formula is C16H15FN2O2. The third-order valence-electron chi connectivity index (χ3n) is 3.94. The number of nitro groups is 1. The molecule has 3 rings (SSSR count). The van der Waals surface area contributed by atoms with Crippen LogP contribution in [0.5, 0.6) is 0 Å². The van der Waals surface area contributed by atoms with Crippen LogP contribution in [0.3, 0.4) is 0 Å². The molecule has 4 nitrogen and oxygen atoms in total. The van der Waals surface area contributed by atoms with Gasteiger partial charge in [-0.3, -0.25) is 10.1 Å². The third-order valence-corrected chi connectivity index (χ3v) is 3.94. The van der Waals surface area contributed by atoms with E-state index in [-0.39, 0.29) is 6.04 Å². The van der Waals surface area contributed by atoms with Crippen LogP contribution >= 0.6 is 0 Å². The van der Waals surface area contributed by atoms with Gasteiger partial charge in [0, 0.05) is 29.9 Å². The molecule has 1 unspecified atom stereocenters. The fraction of sp³-hybridized carbons (Fsp3) is 0.250. The summed E-state index contributed by atoms with van der Waals surface area (Å²) in [7, 11) is 0. The van der Waals surface area contributed by atoms with Crippen LogP contribution in [0, 0.1) is 15.9 Å². The molecule has 1 aliphatic heterocycles. The normalized spacial score (nSPS) is 16.9. The Morgan fingerprint density at radius 1 is 1.29 bits per heavy atom. The molecular weight excluding hydrogens is 271 g/mol. The second kappa shape index (κ2) is 5.16. The molecule has 0 radical (unpaired) electrons. The molecule has 0 N–H and O–H groups in total. The van der Waals surface area contributed by atoms with Gasteiger partial charge in [-0.25, -0.2) is 0 Å². The van der Waals surface area contributed by atoms with Gasteiger partial charge in [-0.1, -0.05) is 30.3 Å². The standard InChI is InChI=1S/C16H15FN2O2/c1-11-9-12-5-2-3-7-14(12)18(11)10-13-6-4-8-15(16(13)17)19(20)21/h2-8,11H,9-10H2,1H3. The number of anilines is 1. The van der Waals surface area contributed by atoms with Crippen molar-refractivity contribution >= 4 is 11.4 Å². The molecule has 0 fully saturated rings. The molecule has 1 heterocycles. The SMILES string of the molecule is CC1Cc2ccccc2N1Cc1cccc([N+](=O)[O-])c1F. The first-order chi connectivity index (χ1) is 10.1. The van der Waals surface area contributed by atoms with Gasteiger partial charge in [0.1, 0.15) is 0 Å². The van der Waals surface area contributed by atoms with Crippen molar-refractivity contribution in [2.75, 3.05) is 4.90 Å². The van der Waals surface area contributed by atoms with E-state index in [1.807, 2.05) is 18.2 Å². The maximum atomic E-state index is 14.2. The number of halogens is 1. The molecule has 0 saturated carbocycles. The predicted molar refractivity (Wildman–Crippen MR) is 78.8 cm³/mol. The van der Waals surface area contributed by atoms with Gasteiger partial charge in [0.25, 0.3) is 0 Å². The van der Waals surface area contributed by atoms with E-state index in [1.54, 1.807) is 6.07 Å². The summed E-state index contributed by atoms with van der Waals surface area (Å²) in [6, 6.07) is 12.6. The van der Waals surface area contributed by atoms with Crippen molar-refractivity contribution in [3.8, 4) is 0 Å². The van der Waals surface area contributed by atoms with Gasteiger partial charge in [0.15, 0.2) is 0 Å². The second-order valence-electron chi connectivity index (χ2n) is 5.32. The Morgan fingerprint density at radius 3 is 2.81 bits per heavy atom. The zero-order valence-electron chi connectivity index (χ0n) is 11.6. The van der Waals surface area contributed by atoms with Crippen LogP contribution in [0.2, 0.25) is 0 Å². The quantitative estimate of drug-likeness (QED) is 0.638. The molecule has 0 aromatic heterocycles. The number of hydrogen-bond donors (Lipinski definition) is 0. The van der Waals surface area contributed by atoms with Crippen molar-refractivity contribution in [2.45, 2.75) is 25.9 Å². The molecule has 108 valence electrons. The van der Waals surface area contributed by atoms with Gasteiger partial charge >= 0.3 is 5.69 Å². The molecule has 0 aliphatic carbocycles. The van der Waals surface area contributed by atoms with Crippen molar-refractivity contribution in [3.05, 3.63) is 69.5 Å². The van der Waals surface area contributed by atoms with Crippen molar-refractivity contribution in [1.82, 2.24) is 0 Å². The summed E-state index contributed by atoms with van der Waals surface area (Å²) >= 11 is 0. The van der Waals surface area contributed by atoms with Crippen LogP contribution in [-0.2, 0) is 13.0 Å². The minimum Gasteiger partial charge on any atom is -0.364 e. The Morgan fingerprint density at radius 2 is 2.05 bits per heavy atom. The molecule has 0 saturated heterocycles. The molecule has 0 amide bonds. The average Bonchev–Trinajstić information content (AvgIpc) is 2.77. The van der Waals surface area contributed by atoms with Crippen molar-refractivity contribution in [2.24, 2.45) is 0 Å². The van der Waals surface area contributed by atoms with E-state index in [0.717, 1.165) is 12.1 Å². The maximum Gasteiger partial charge on any atom is 0.305 e. The summed E-state index contributed by atoms with van der Waals surface area (Å²) in [5.74, 6) is -0.737. The summed E-state index contributed by atoms with van der Waals surface area (Å²) in [6.07, 6.45) is 0.909. The first-order valence-corrected chi connectivity index (χ1v) is 6.84. The van der Waals surface area contributed by atoms with E-state index in [0.29, 0.717) is 12.1 Å². The maximum absolute atomic E-state index is 14.2. The van der Waals surface area contributed by atoms with Gasteiger partial charge in [-0.2, -0.15) is 4.39 Å². The van der Waals surface area contributed by atoms with Gasteiger partial charge in [-0.05, 0) is 25.0 Å². The first-order valence-electron chi connectivity index (χ1n) is 6.84. The second-order valence-corrected chi connectivity index (χ2v) is 5.32. The van der Waals surface area contributed by atoms with Gasteiger partial charge in [-0.15, -0.1) is 0 Å². The first kappa shape index (κ1) is 13.5. The molecule has 2 aromatic rings. The fourth-order valence-electron chi connectivity index (χ4n) is 2.88. The Kier molecular flexibility index (Phi) is 3.33. The van der Waals surface area contributed by atoms with Crippen LogP contribution in [0.25, 0.3) is 0 Å². The van der Waals surface area contributed by atoms with E-state index in [2.05, 4.69) is 17.9 Å². The Bertz CT molecular complexity index is 702. The molecule has 1 atom stereocenters. The number of fused-ring (bicyclic) bond motifs is 1. The molecule has 2 aromatic carbocycles. The summed E-state index contributed by atoms with van der Waals surface area (Å²) in [5, 5.41) is 10.8.